The van der Waals surface area contributed by atoms with E-state index in [2.05, 4.69) is 5.10 Å². The van der Waals surface area contributed by atoms with Crippen molar-refractivity contribution in [2.24, 2.45) is 0 Å². The van der Waals surface area contributed by atoms with Crippen LogP contribution in [0.3, 0.4) is 0 Å². The highest BCUT2D eigenvalue weighted by atomic mass is 35.5. The molecule has 0 unspecified atom stereocenters. The third kappa shape index (κ3) is 2.17. The van der Waals surface area contributed by atoms with Gasteiger partial charge in [-0.05, 0) is 12.1 Å². The summed E-state index contributed by atoms with van der Waals surface area (Å²) in [6.07, 6.45) is 1.48. The van der Waals surface area contributed by atoms with E-state index < -0.39 is 0 Å². The first kappa shape index (κ1) is 11.7. The molecule has 2 rings (SSSR count). The number of hydrogen-bond acceptors (Lipinski definition) is 2. The molecule has 88 valence electrons. The van der Waals surface area contributed by atoms with E-state index in [0.29, 0.717) is 10.7 Å². The van der Waals surface area contributed by atoms with Gasteiger partial charge >= 0.3 is 0 Å². The second-order valence-corrected chi connectivity index (χ2v) is 4.15. The molecule has 0 radical (unpaired) electrons. The topological polar surface area (TPSA) is 38.1 Å². The van der Waals surface area contributed by atoms with E-state index in [9.17, 15) is 4.79 Å². The van der Waals surface area contributed by atoms with Gasteiger partial charge in [0.15, 0.2) is 0 Å². The number of hydrogen-bond donors (Lipinski definition) is 0. The highest BCUT2D eigenvalue weighted by Crippen LogP contribution is 2.20. The lowest BCUT2D eigenvalue weighted by atomic mass is 10.3. The van der Waals surface area contributed by atoms with Crippen LogP contribution in [0.25, 0.3) is 5.69 Å². The molecule has 2 aromatic rings. The Morgan fingerprint density at radius 1 is 1.29 bits per heavy atom. The maximum absolute atomic E-state index is 11.8. The molecule has 0 saturated heterocycles. The molecule has 0 aliphatic rings. The Morgan fingerprint density at radius 2 is 1.94 bits per heavy atom. The van der Waals surface area contributed by atoms with E-state index in [4.69, 9.17) is 11.6 Å². The van der Waals surface area contributed by atoms with Gasteiger partial charge < -0.3 is 4.90 Å². The van der Waals surface area contributed by atoms with Crippen molar-refractivity contribution in [2.45, 2.75) is 0 Å². The Kier molecular flexibility index (Phi) is 3.15. The third-order valence-electron chi connectivity index (χ3n) is 2.35. The molecular formula is C12H12ClN3O. The maximum atomic E-state index is 11.8. The number of aromatic nitrogens is 2. The molecule has 1 heterocycles. The van der Waals surface area contributed by atoms with Crippen LogP contribution in [0, 0.1) is 0 Å². The largest absolute Gasteiger partial charge is 0.345 e. The van der Waals surface area contributed by atoms with E-state index >= 15 is 0 Å². The molecule has 1 aromatic carbocycles. The molecule has 0 spiro atoms. The molecule has 1 aromatic heterocycles. The number of para-hydroxylation sites is 1. The van der Waals surface area contributed by atoms with Gasteiger partial charge in [0.1, 0.15) is 5.15 Å². The molecule has 5 heteroatoms. The lowest BCUT2D eigenvalue weighted by Crippen LogP contribution is -2.21. The molecule has 0 bridgehead atoms. The van der Waals surface area contributed by atoms with Crippen molar-refractivity contribution in [1.29, 1.82) is 0 Å². The fraction of sp³-hybridized carbons (Fsp3) is 0.167. The van der Waals surface area contributed by atoms with Gasteiger partial charge in [-0.2, -0.15) is 5.10 Å². The van der Waals surface area contributed by atoms with Crippen LogP contribution in [-0.2, 0) is 0 Å². The number of rotatable bonds is 2. The minimum Gasteiger partial charge on any atom is -0.345 e. The van der Waals surface area contributed by atoms with Crippen LogP contribution in [0.4, 0.5) is 0 Å². The van der Waals surface area contributed by atoms with E-state index in [-0.39, 0.29) is 5.91 Å². The SMILES string of the molecule is CN(C)C(=O)c1cnn(-c2ccccc2)c1Cl. The molecule has 0 aliphatic heterocycles. The minimum atomic E-state index is -0.155. The molecule has 0 N–H and O–H groups in total. The van der Waals surface area contributed by atoms with Gasteiger partial charge in [0.25, 0.3) is 5.91 Å². The second-order valence-electron chi connectivity index (χ2n) is 3.80. The van der Waals surface area contributed by atoms with Crippen molar-refractivity contribution in [3.8, 4) is 5.69 Å². The average Bonchev–Trinajstić information content (AvgIpc) is 2.71. The zero-order valence-electron chi connectivity index (χ0n) is 9.59. The summed E-state index contributed by atoms with van der Waals surface area (Å²) in [4.78, 5) is 13.3. The van der Waals surface area contributed by atoms with Crippen LogP contribution < -0.4 is 0 Å². The summed E-state index contributed by atoms with van der Waals surface area (Å²) in [5.41, 5.74) is 1.23. The zero-order valence-corrected chi connectivity index (χ0v) is 10.3. The van der Waals surface area contributed by atoms with Crippen LogP contribution in [0.2, 0.25) is 5.15 Å². The number of carbonyl (C=O) groups is 1. The molecule has 4 nitrogen and oxygen atoms in total. The third-order valence-corrected chi connectivity index (χ3v) is 2.71. The van der Waals surface area contributed by atoms with Crippen molar-refractivity contribution >= 4 is 17.5 Å². The molecular weight excluding hydrogens is 238 g/mol. The van der Waals surface area contributed by atoms with Gasteiger partial charge in [-0.1, -0.05) is 29.8 Å². The van der Waals surface area contributed by atoms with Gasteiger partial charge in [0.2, 0.25) is 0 Å². The average molecular weight is 250 g/mol. The van der Waals surface area contributed by atoms with Gasteiger partial charge in [-0.3, -0.25) is 4.79 Å². The molecule has 0 fully saturated rings. The number of amides is 1. The Morgan fingerprint density at radius 3 is 2.53 bits per heavy atom. The van der Waals surface area contributed by atoms with Crippen LogP contribution in [0.1, 0.15) is 10.4 Å². The summed E-state index contributed by atoms with van der Waals surface area (Å²) >= 11 is 6.15. The fourth-order valence-electron chi connectivity index (χ4n) is 1.47. The second kappa shape index (κ2) is 4.59. The van der Waals surface area contributed by atoms with Crippen molar-refractivity contribution < 1.29 is 4.79 Å². The predicted octanol–water partition coefficient (Wildman–Crippen LogP) is 2.23. The summed E-state index contributed by atoms with van der Waals surface area (Å²) in [6.45, 7) is 0. The van der Waals surface area contributed by atoms with E-state index in [0.717, 1.165) is 5.69 Å². The highest BCUT2D eigenvalue weighted by molar-refractivity contribution is 6.33. The van der Waals surface area contributed by atoms with E-state index in [1.165, 1.54) is 15.8 Å². The van der Waals surface area contributed by atoms with Crippen LogP contribution in [-0.4, -0.2) is 34.7 Å². The Bertz CT molecular complexity index is 534. The quantitative estimate of drug-likeness (QED) is 0.819. The standard InChI is InChI=1S/C12H12ClN3O/c1-15(2)12(17)10-8-14-16(11(10)13)9-6-4-3-5-7-9/h3-8H,1-2H3. The van der Waals surface area contributed by atoms with E-state index in [1.54, 1.807) is 14.1 Å². The van der Waals surface area contributed by atoms with E-state index in [1.807, 2.05) is 30.3 Å². The summed E-state index contributed by atoms with van der Waals surface area (Å²) in [5.74, 6) is -0.155. The first-order valence-corrected chi connectivity index (χ1v) is 5.49. The van der Waals surface area contributed by atoms with Crippen molar-refractivity contribution in [1.82, 2.24) is 14.7 Å². The van der Waals surface area contributed by atoms with Gasteiger partial charge in [0.05, 0.1) is 17.4 Å². The number of nitrogens with zero attached hydrogens (tertiary/aromatic N) is 3. The molecule has 0 atom stereocenters. The van der Waals surface area contributed by atoms with Crippen LogP contribution in [0.5, 0.6) is 0 Å². The first-order valence-electron chi connectivity index (χ1n) is 5.12. The summed E-state index contributed by atoms with van der Waals surface area (Å²) in [5, 5.41) is 4.46. The zero-order chi connectivity index (χ0) is 12.4. The molecule has 17 heavy (non-hydrogen) atoms. The van der Waals surface area contributed by atoms with Crippen molar-refractivity contribution in [3.05, 3.63) is 47.2 Å². The van der Waals surface area contributed by atoms with Gasteiger partial charge in [0, 0.05) is 14.1 Å². The fourth-order valence-corrected chi connectivity index (χ4v) is 1.74. The lowest BCUT2D eigenvalue weighted by Gasteiger charge is -2.08. The normalized spacial score (nSPS) is 10.3. The maximum Gasteiger partial charge on any atom is 0.258 e. The Labute approximate surface area is 104 Å². The minimum absolute atomic E-state index is 0.155. The highest BCUT2D eigenvalue weighted by Gasteiger charge is 2.17. The van der Waals surface area contributed by atoms with Gasteiger partial charge in [-0.25, -0.2) is 4.68 Å². The van der Waals surface area contributed by atoms with Crippen LogP contribution in [0.15, 0.2) is 36.5 Å². The summed E-state index contributed by atoms with van der Waals surface area (Å²) < 4.78 is 1.54. The first-order chi connectivity index (χ1) is 8.11. The molecule has 0 aliphatic carbocycles. The smallest absolute Gasteiger partial charge is 0.258 e. The van der Waals surface area contributed by atoms with Crippen molar-refractivity contribution in [3.63, 3.8) is 0 Å². The molecule has 1 amide bonds. The lowest BCUT2D eigenvalue weighted by molar-refractivity contribution is 0.0828. The van der Waals surface area contributed by atoms with Gasteiger partial charge in [-0.15, -0.1) is 0 Å². The number of carbonyl (C=O) groups excluding carboxylic acids is 1. The van der Waals surface area contributed by atoms with Crippen LogP contribution >= 0.6 is 11.6 Å². The predicted molar refractivity (Wildman–Crippen MR) is 66.6 cm³/mol. The summed E-state index contributed by atoms with van der Waals surface area (Å²) in [7, 11) is 3.36. The van der Waals surface area contributed by atoms with Crippen molar-refractivity contribution in [2.75, 3.05) is 14.1 Å². The monoisotopic (exact) mass is 249 g/mol. The Balaban J connectivity index is 2.44. The molecule has 0 saturated carbocycles. The Hall–Kier alpha value is -1.81. The number of halogens is 1. The summed E-state index contributed by atoms with van der Waals surface area (Å²) in [6, 6.07) is 9.44. The number of benzene rings is 1.